The van der Waals surface area contributed by atoms with Crippen molar-refractivity contribution in [3.8, 4) is 5.69 Å². The summed E-state index contributed by atoms with van der Waals surface area (Å²) in [5, 5.41) is 20.6. The van der Waals surface area contributed by atoms with Crippen LogP contribution in [-0.2, 0) is 0 Å². The molecule has 1 heterocycles. The molecule has 7 heteroatoms. The van der Waals surface area contributed by atoms with E-state index in [1.807, 2.05) is 42.5 Å². The van der Waals surface area contributed by atoms with Gasteiger partial charge in [0.25, 0.3) is 5.91 Å². The summed E-state index contributed by atoms with van der Waals surface area (Å²) in [6.45, 7) is -0.214. The molecule has 2 N–H and O–H groups in total. The molecule has 0 aliphatic rings. The Labute approximate surface area is 143 Å². The van der Waals surface area contributed by atoms with E-state index in [2.05, 4.69) is 15.6 Å². The van der Waals surface area contributed by atoms with Crippen LogP contribution < -0.4 is 5.32 Å². The molecule has 0 aliphatic carbocycles. The highest BCUT2D eigenvalue weighted by atomic mass is 35.5. The summed E-state index contributed by atoms with van der Waals surface area (Å²) in [6, 6.07) is 15.9. The third-order valence-corrected chi connectivity index (χ3v) is 3.83. The molecule has 6 nitrogen and oxygen atoms in total. The van der Waals surface area contributed by atoms with Gasteiger partial charge < -0.3 is 10.4 Å². The van der Waals surface area contributed by atoms with Crippen LogP contribution in [0.1, 0.15) is 22.1 Å². The zero-order chi connectivity index (χ0) is 16.9. The first-order valence-electron chi connectivity index (χ1n) is 7.33. The molecule has 0 fully saturated rings. The molecular formula is C17H15ClN4O2. The van der Waals surface area contributed by atoms with E-state index < -0.39 is 11.9 Å². The summed E-state index contributed by atoms with van der Waals surface area (Å²) in [5.74, 6) is -0.420. The first-order chi connectivity index (χ1) is 11.7. The molecule has 1 amide bonds. The zero-order valence-electron chi connectivity index (χ0n) is 12.6. The number of amides is 1. The topological polar surface area (TPSA) is 80.0 Å². The number of carbonyl (C=O) groups is 1. The predicted octanol–water partition coefficient (Wildman–Crippen LogP) is 2.38. The van der Waals surface area contributed by atoms with Gasteiger partial charge in [0.2, 0.25) is 0 Å². The molecule has 2 aromatic carbocycles. The average Bonchev–Trinajstić information content (AvgIpc) is 3.10. The first kappa shape index (κ1) is 16.2. The van der Waals surface area contributed by atoms with Crippen LogP contribution in [0.4, 0.5) is 0 Å². The third kappa shape index (κ3) is 3.45. The minimum Gasteiger partial charge on any atom is -0.394 e. The molecule has 1 aromatic heterocycles. The molecule has 0 saturated heterocycles. The molecule has 122 valence electrons. The standard InChI is InChI=1S/C17H15ClN4O2/c18-13-8-4-5-9-16(13)22-10-14(20-21-22)17(24)19-15(11-23)12-6-2-1-3-7-12/h1-10,15,23H,11H2,(H,19,24)/t15-/m1/s1. The van der Waals surface area contributed by atoms with Crippen LogP contribution >= 0.6 is 11.6 Å². The van der Waals surface area contributed by atoms with Crippen molar-refractivity contribution in [2.45, 2.75) is 6.04 Å². The maximum atomic E-state index is 12.3. The largest absolute Gasteiger partial charge is 0.394 e. The average molecular weight is 343 g/mol. The number of benzene rings is 2. The quantitative estimate of drug-likeness (QED) is 0.746. The maximum Gasteiger partial charge on any atom is 0.274 e. The summed E-state index contributed by atoms with van der Waals surface area (Å²) in [7, 11) is 0. The molecular weight excluding hydrogens is 328 g/mol. The van der Waals surface area contributed by atoms with Crippen molar-refractivity contribution in [1.82, 2.24) is 20.3 Å². The number of nitrogens with zero attached hydrogens (tertiary/aromatic N) is 3. The summed E-state index contributed by atoms with van der Waals surface area (Å²) in [4.78, 5) is 12.3. The van der Waals surface area contributed by atoms with Crippen LogP contribution in [0, 0.1) is 0 Å². The van der Waals surface area contributed by atoms with E-state index in [1.54, 1.807) is 12.1 Å². The van der Waals surface area contributed by atoms with Gasteiger partial charge in [-0.05, 0) is 17.7 Å². The second kappa shape index (κ2) is 7.25. The fourth-order valence-corrected chi connectivity index (χ4v) is 2.50. The lowest BCUT2D eigenvalue weighted by Gasteiger charge is -2.15. The lowest BCUT2D eigenvalue weighted by atomic mass is 10.1. The second-order valence-electron chi connectivity index (χ2n) is 5.12. The predicted molar refractivity (Wildman–Crippen MR) is 90.1 cm³/mol. The summed E-state index contributed by atoms with van der Waals surface area (Å²) < 4.78 is 1.44. The van der Waals surface area contributed by atoms with E-state index >= 15 is 0 Å². The van der Waals surface area contributed by atoms with Crippen molar-refractivity contribution in [1.29, 1.82) is 0 Å². The highest BCUT2D eigenvalue weighted by Crippen LogP contribution is 2.19. The van der Waals surface area contributed by atoms with Crippen LogP contribution in [0.15, 0.2) is 60.8 Å². The van der Waals surface area contributed by atoms with E-state index in [-0.39, 0.29) is 12.3 Å². The summed E-state index contributed by atoms with van der Waals surface area (Å²) in [5.41, 5.74) is 1.59. The number of aliphatic hydroxyl groups excluding tert-OH is 1. The fourth-order valence-electron chi connectivity index (χ4n) is 2.28. The van der Waals surface area contributed by atoms with E-state index in [0.29, 0.717) is 10.7 Å². The monoisotopic (exact) mass is 342 g/mol. The molecule has 1 atom stereocenters. The van der Waals surface area contributed by atoms with Gasteiger partial charge in [-0.15, -0.1) is 5.10 Å². The Morgan fingerprint density at radius 3 is 2.58 bits per heavy atom. The van der Waals surface area contributed by atoms with Crippen molar-refractivity contribution in [3.63, 3.8) is 0 Å². The fraction of sp³-hybridized carbons (Fsp3) is 0.118. The van der Waals surface area contributed by atoms with Gasteiger partial charge >= 0.3 is 0 Å². The number of halogens is 1. The van der Waals surface area contributed by atoms with Crippen molar-refractivity contribution < 1.29 is 9.90 Å². The Morgan fingerprint density at radius 2 is 1.88 bits per heavy atom. The highest BCUT2D eigenvalue weighted by Gasteiger charge is 2.18. The van der Waals surface area contributed by atoms with E-state index in [9.17, 15) is 9.90 Å². The molecule has 24 heavy (non-hydrogen) atoms. The van der Waals surface area contributed by atoms with Gasteiger partial charge in [-0.3, -0.25) is 4.79 Å². The van der Waals surface area contributed by atoms with E-state index in [1.165, 1.54) is 10.9 Å². The number of nitrogens with one attached hydrogen (secondary N) is 1. The van der Waals surface area contributed by atoms with Gasteiger partial charge in [-0.1, -0.05) is 59.3 Å². The maximum absolute atomic E-state index is 12.3. The number of hydrogen-bond acceptors (Lipinski definition) is 4. The van der Waals surface area contributed by atoms with Crippen LogP contribution in [0.25, 0.3) is 5.69 Å². The molecule has 3 aromatic rings. The second-order valence-corrected chi connectivity index (χ2v) is 5.53. The van der Waals surface area contributed by atoms with Crippen molar-refractivity contribution >= 4 is 17.5 Å². The number of hydrogen-bond donors (Lipinski definition) is 2. The molecule has 0 spiro atoms. The molecule has 0 unspecified atom stereocenters. The lowest BCUT2D eigenvalue weighted by molar-refractivity contribution is 0.0911. The molecule has 0 saturated carbocycles. The van der Waals surface area contributed by atoms with Crippen LogP contribution in [0.3, 0.4) is 0 Å². The van der Waals surface area contributed by atoms with Crippen molar-refractivity contribution in [2.75, 3.05) is 6.61 Å². The van der Waals surface area contributed by atoms with Gasteiger partial charge in [-0.25, -0.2) is 4.68 Å². The van der Waals surface area contributed by atoms with E-state index in [4.69, 9.17) is 11.6 Å². The number of rotatable bonds is 5. The van der Waals surface area contributed by atoms with Gasteiger partial charge in [0.1, 0.15) is 0 Å². The van der Waals surface area contributed by atoms with Crippen LogP contribution in [0.5, 0.6) is 0 Å². The van der Waals surface area contributed by atoms with Gasteiger partial charge in [-0.2, -0.15) is 0 Å². The Morgan fingerprint density at radius 1 is 1.17 bits per heavy atom. The first-order valence-corrected chi connectivity index (χ1v) is 7.71. The Bertz CT molecular complexity index is 835. The van der Waals surface area contributed by atoms with Crippen molar-refractivity contribution in [2.24, 2.45) is 0 Å². The van der Waals surface area contributed by atoms with Gasteiger partial charge in [0.05, 0.1) is 29.6 Å². The summed E-state index contributed by atoms with van der Waals surface area (Å²) in [6.07, 6.45) is 1.50. The number of aliphatic hydroxyl groups is 1. The van der Waals surface area contributed by atoms with E-state index in [0.717, 1.165) is 5.56 Å². The summed E-state index contributed by atoms with van der Waals surface area (Å²) >= 11 is 6.11. The molecule has 0 bridgehead atoms. The Hall–Kier alpha value is -2.70. The van der Waals surface area contributed by atoms with Crippen LogP contribution in [-0.4, -0.2) is 32.6 Å². The molecule has 0 radical (unpaired) electrons. The van der Waals surface area contributed by atoms with Gasteiger partial charge in [0.15, 0.2) is 5.69 Å². The smallest absolute Gasteiger partial charge is 0.274 e. The normalized spacial score (nSPS) is 11.9. The zero-order valence-corrected chi connectivity index (χ0v) is 13.4. The Kier molecular flexibility index (Phi) is 4.88. The number of para-hydroxylation sites is 1. The number of carbonyl (C=O) groups excluding carboxylic acids is 1. The van der Waals surface area contributed by atoms with Crippen molar-refractivity contribution in [3.05, 3.63) is 77.1 Å². The van der Waals surface area contributed by atoms with Gasteiger partial charge in [0, 0.05) is 0 Å². The van der Waals surface area contributed by atoms with Crippen LogP contribution in [0.2, 0.25) is 5.02 Å². The molecule has 0 aliphatic heterocycles. The third-order valence-electron chi connectivity index (χ3n) is 3.52. The highest BCUT2D eigenvalue weighted by molar-refractivity contribution is 6.32. The Balaban J connectivity index is 1.78. The SMILES string of the molecule is O=C(N[C@H](CO)c1ccccc1)c1cn(-c2ccccc2Cl)nn1. The minimum atomic E-state index is -0.510. The lowest BCUT2D eigenvalue weighted by Crippen LogP contribution is -2.31. The molecule has 3 rings (SSSR count). The number of aromatic nitrogens is 3. The minimum absolute atomic E-state index is 0.143.